The zero-order valence-corrected chi connectivity index (χ0v) is 14.4. The largest absolute Gasteiger partial charge is 0.379 e. The third kappa shape index (κ3) is 3.85. The number of para-hydroxylation sites is 1. The number of fused-ring (bicyclic) bond motifs is 1. The molecule has 2 aromatic rings. The zero-order valence-electron chi connectivity index (χ0n) is 14.4. The average molecular weight is 343 g/mol. The van der Waals surface area contributed by atoms with Crippen LogP contribution >= 0.6 is 0 Å². The number of aromatic nitrogens is 2. The summed E-state index contributed by atoms with van der Waals surface area (Å²) in [5.41, 5.74) is 1.74. The van der Waals surface area contributed by atoms with Crippen molar-refractivity contribution in [1.82, 2.24) is 15.5 Å². The fourth-order valence-corrected chi connectivity index (χ4v) is 3.53. The first-order chi connectivity index (χ1) is 12.3. The van der Waals surface area contributed by atoms with Crippen molar-refractivity contribution in [1.29, 1.82) is 0 Å². The second-order valence-corrected chi connectivity index (χ2v) is 7.10. The Labute approximate surface area is 147 Å². The topological polar surface area (TPSA) is 76.2 Å². The van der Waals surface area contributed by atoms with Gasteiger partial charge in [-0.2, -0.15) is 5.10 Å². The van der Waals surface area contributed by atoms with Crippen molar-refractivity contribution in [2.24, 2.45) is 5.92 Å². The summed E-state index contributed by atoms with van der Waals surface area (Å²) in [5.74, 6) is 0.688. The Hall–Kier alpha value is -1.92. The minimum absolute atomic E-state index is 0.00135. The van der Waals surface area contributed by atoms with E-state index in [0.717, 1.165) is 29.6 Å². The maximum atomic E-state index is 12.5. The standard InChI is InChI=1S/C19H25N3O3/c23-19(10-17-14-6-1-2-7-15(14)21-22-17)20-16-8-9-24-12-18(16)25-11-13-4-3-5-13/h1-2,6-7,13,16,18H,3-5,8-12H2,(H,20,23)(H,21,22)/t16-,18-/m1/s1. The number of H-pyrrole nitrogens is 1. The van der Waals surface area contributed by atoms with Crippen LogP contribution in [0.2, 0.25) is 0 Å². The van der Waals surface area contributed by atoms with E-state index in [1.165, 1.54) is 19.3 Å². The molecule has 6 nitrogen and oxygen atoms in total. The molecule has 2 N–H and O–H groups in total. The van der Waals surface area contributed by atoms with Crippen LogP contribution in [0.5, 0.6) is 0 Å². The van der Waals surface area contributed by atoms with E-state index in [-0.39, 0.29) is 18.1 Å². The summed E-state index contributed by atoms with van der Waals surface area (Å²) in [6.07, 6.45) is 4.89. The quantitative estimate of drug-likeness (QED) is 0.843. The summed E-state index contributed by atoms with van der Waals surface area (Å²) in [4.78, 5) is 12.5. The van der Waals surface area contributed by atoms with Crippen LogP contribution in [0.15, 0.2) is 24.3 Å². The third-order valence-corrected chi connectivity index (χ3v) is 5.30. The lowest BCUT2D eigenvalue weighted by Crippen LogP contribution is -2.50. The lowest BCUT2D eigenvalue weighted by atomic mass is 9.86. The van der Waals surface area contributed by atoms with E-state index < -0.39 is 0 Å². The smallest absolute Gasteiger partial charge is 0.226 e. The second kappa shape index (κ2) is 7.54. The first kappa shape index (κ1) is 16.5. The molecule has 134 valence electrons. The van der Waals surface area contributed by atoms with Gasteiger partial charge in [0.15, 0.2) is 0 Å². The van der Waals surface area contributed by atoms with Gasteiger partial charge >= 0.3 is 0 Å². The molecule has 0 spiro atoms. The highest BCUT2D eigenvalue weighted by Crippen LogP contribution is 2.27. The van der Waals surface area contributed by atoms with Gasteiger partial charge < -0.3 is 14.8 Å². The van der Waals surface area contributed by atoms with Crippen molar-refractivity contribution in [2.75, 3.05) is 19.8 Å². The second-order valence-electron chi connectivity index (χ2n) is 7.10. The molecular formula is C19H25N3O3. The van der Waals surface area contributed by atoms with Crippen LogP contribution in [0.4, 0.5) is 0 Å². The highest BCUT2D eigenvalue weighted by atomic mass is 16.5. The Bertz CT molecular complexity index is 726. The maximum absolute atomic E-state index is 12.5. The van der Waals surface area contributed by atoms with E-state index in [4.69, 9.17) is 9.47 Å². The molecule has 1 aromatic heterocycles. The van der Waals surface area contributed by atoms with Crippen LogP contribution in [0, 0.1) is 5.92 Å². The normalized spacial score (nSPS) is 24.2. The van der Waals surface area contributed by atoms with Gasteiger partial charge in [-0.05, 0) is 31.2 Å². The van der Waals surface area contributed by atoms with E-state index >= 15 is 0 Å². The number of nitrogens with one attached hydrogen (secondary N) is 2. The number of aromatic amines is 1. The van der Waals surface area contributed by atoms with Gasteiger partial charge in [0.05, 0.1) is 30.3 Å². The van der Waals surface area contributed by atoms with E-state index in [9.17, 15) is 4.79 Å². The highest BCUT2D eigenvalue weighted by molar-refractivity contribution is 5.87. The molecule has 2 aliphatic rings. The van der Waals surface area contributed by atoms with Crippen LogP contribution in [-0.2, 0) is 20.7 Å². The van der Waals surface area contributed by atoms with Crippen molar-refractivity contribution >= 4 is 16.8 Å². The summed E-state index contributed by atoms with van der Waals surface area (Å²) in [6.45, 7) is 2.01. The molecule has 2 heterocycles. The number of carbonyl (C=O) groups is 1. The molecule has 4 rings (SSSR count). The molecule has 1 aliphatic heterocycles. The van der Waals surface area contributed by atoms with Gasteiger partial charge in [0, 0.05) is 18.6 Å². The van der Waals surface area contributed by atoms with Crippen LogP contribution < -0.4 is 5.32 Å². The molecule has 1 saturated carbocycles. The molecule has 6 heteroatoms. The predicted molar refractivity (Wildman–Crippen MR) is 94.2 cm³/mol. The maximum Gasteiger partial charge on any atom is 0.226 e. The van der Waals surface area contributed by atoms with Crippen LogP contribution in [-0.4, -0.2) is 48.1 Å². The van der Waals surface area contributed by atoms with Gasteiger partial charge in [0.2, 0.25) is 5.91 Å². The average Bonchev–Trinajstić information content (AvgIpc) is 2.98. The molecule has 2 atom stereocenters. The van der Waals surface area contributed by atoms with Crippen molar-refractivity contribution in [2.45, 2.75) is 44.2 Å². The van der Waals surface area contributed by atoms with Crippen molar-refractivity contribution in [3.05, 3.63) is 30.0 Å². The lowest BCUT2D eigenvalue weighted by molar-refractivity contribution is -0.126. The first-order valence-corrected chi connectivity index (χ1v) is 9.20. The highest BCUT2D eigenvalue weighted by Gasteiger charge is 2.29. The minimum atomic E-state index is -0.0446. The Morgan fingerprint density at radius 2 is 2.20 bits per heavy atom. The molecule has 0 radical (unpaired) electrons. The molecular weight excluding hydrogens is 318 g/mol. The number of amides is 1. The molecule has 1 amide bonds. The third-order valence-electron chi connectivity index (χ3n) is 5.30. The zero-order chi connectivity index (χ0) is 17.1. The first-order valence-electron chi connectivity index (χ1n) is 9.20. The van der Waals surface area contributed by atoms with E-state index in [1.807, 2.05) is 24.3 Å². The van der Waals surface area contributed by atoms with E-state index in [0.29, 0.717) is 25.6 Å². The number of carbonyl (C=O) groups excluding carboxylic acids is 1. The van der Waals surface area contributed by atoms with Crippen LogP contribution in [0.25, 0.3) is 10.9 Å². The monoisotopic (exact) mass is 343 g/mol. The predicted octanol–water partition coefficient (Wildman–Crippen LogP) is 2.20. The van der Waals surface area contributed by atoms with Gasteiger partial charge in [0.1, 0.15) is 6.10 Å². The molecule has 0 unspecified atom stereocenters. The Balaban J connectivity index is 1.34. The summed E-state index contributed by atoms with van der Waals surface area (Å²) in [5, 5.41) is 11.4. The fraction of sp³-hybridized carbons (Fsp3) is 0.579. The van der Waals surface area contributed by atoms with Crippen LogP contribution in [0.3, 0.4) is 0 Å². The number of ether oxygens (including phenoxy) is 2. The van der Waals surface area contributed by atoms with Gasteiger partial charge in [-0.1, -0.05) is 24.6 Å². The molecule has 0 bridgehead atoms. The summed E-state index contributed by atoms with van der Waals surface area (Å²) in [6, 6.07) is 7.85. The Morgan fingerprint density at radius 1 is 1.32 bits per heavy atom. The van der Waals surface area contributed by atoms with Gasteiger partial charge in [-0.25, -0.2) is 0 Å². The summed E-state index contributed by atoms with van der Waals surface area (Å²) in [7, 11) is 0. The van der Waals surface area contributed by atoms with E-state index in [1.54, 1.807) is 0 Å². The van der Waals surface area contributed by atoms with Crippen molar-refractivity contribution in [3.63, 3.8) is 0 Å². The number of benzene rings is 1. The van der Waals surface area contributed by atoms with Gasteiger partial charge in [0.25, 0.3) is 0 Å². The van der Waals surface area contributed by atoms with E-state index in [2.05, 4.69) is 15.5 Å². The number of hydrogen-bond acceptors (Lipinski definition) is 4. The number of nitrogens with zero attached hydrogens (tertiary/aromatic N) is 1. The van der Waals surface area contributed by atoms with Gasteiger partial charge in [-0.3, -0.25) is 9.89 Å². The number of hydrogen-bond donors (Lipinski definition) is 2. The summed E-state index contributed by atoms with van der Waals surface area (Å²) < 4.78 is 11.6. The van der Waals surface area contributed by atoms with Crippen LogP contribution in [0.1, 0.15) is 31.4 Å². The SMILES string of the molecule is O=C(Cc1[nH]nc2ccccc12)N[C@@H]1CCOC[C@H]1OCC1CCC1. The lowest BCUT2D eigenvalue weighted by Gasteiger charge is -2.34. The van der Waals surface area contributed by atoms with Crippen molar-refractivity contribution in [3.8, 4) is 0 Å². The van der Waals surface area contributed by atoms with Crippen molar-refractivity contribution < 1.29 is 14.3 Å². The molecule has 1 aromatic carbocycles. The molecule has 1 aliphatic carbocycles. The molecule has 25 heavy (non-hydrogen) atoms. The molecule has 2 fully saturated rings. The minimum Gasteiger partial charge on any atom is -0.379 e. The Kier molecular flexibility index (Phi) is 4.99. The summed E-state index contributed by atoms with van der Waals surface area (Å²) >= 11 is 0. The van der Waals surface area contributed by atoms with Gasteiger partial charge in [-0.15, -0.1) is 0 Å². The number of rotatable bonds is 6. The Morgan fingerprint density at radius 3 is 3.04 bits per heavy atom. The fourth-order valence-electron chi connectivity index (χ4n) is 3.53. The molecule has 1 saturated heterocycles.